The lowest BCUT2D eigenvalue weighted by molar-refractivity contribution is 0.0790. The molecule has 0 unspecified atom stereocenters. The summed E-state index contributed by atoms with van der Waals surface area (Å²) in [6.07, 6.45) is 1.52. The van der Waals surface area contributed by atoms with Crippen molar-refractivity contribution in [3.05, 3.63) is 48.2 Å². The van der Waals surface area contributed by atoms with Gasteiger partial charge in [-0.25, -0.2) is 9.61 Å². The van der Waals surface area contributed by atoms with Crippen molar-refractivity contribution in [1.29, 1.82) is 0 Å². The highest BCUT2D eigenvalue weighted by Crippen LogP contribution is 2.22. The highest BCUT2D eigenvalue weighted by Gasteiger charge is 2.36. The van der Waals surface area contributed by atoms with Gasteiger partial charge in [0, 0.05) is 58.1 Å². The molecule has 2 aliphatic heterocycles. The average molecular weight is 380 g/mol. The van der Waals surface area contributed by atoms with Crippen LogP contribution < -0.4 is 4.90 Å². The van der Waals surface area contributed by atoms with Gasteiger partial charge in [-0.1, -0.05) is 12.1 Å². The van der Waals surface area contributed by atoms with Gasteiger partial charge in [-0.2, -0.15) is 0 Å². The van der Waals surface area contributed by atoms with Crippen molar-refractivity contribution in [2.45, 2.75) is 18.7 Å². The van der Waals surface area contributed by atoms with Crippen molar-refractivity contribution in [3.63, 3.8) is 0 Å². The van der Waals surface area contributed by atoms with Crippen LogP contribution in [0.15, 0.2) is 47.2 Å². The number of piperazine rings is 1. The Kier molecular flexibility index (Phi) is 4.67. The monoisotopic (exact) mass is 380 g/mol. The number of fused-ring (bicyclic) bond motifs is 1. The molecular formula is C20H24N6O2. The van der Waals surface area contributed by atoms with Gasteiger partial charge in [-0.05, 0) is 40.1 Å². The number of hydrogen-bond acceptors (Lipinski definition) is 8. The smallest absolute Gasteiger partial charge is 0.135 e. The van der Waals surface area contributed by atoms with Crippen LogP contribution in [-0.2, 0) is 6.54 Å². The maximum atomic E-state index is 10.7. The summed E-state index contributed by atoms with van der Waals surface area (Å²) in [5.74, 6) is 1.04. The van der Waals surface area contributed by atoms with Crippen molar-refractivity contribution in [3.8, 4) is 0 Å². The second kappa shape index (κ2) is 7.46. The van der Waals surface area contributed by atoms with Gasteiger partial charge in [0.25, 0.3) is 0 Å². The first-order valence-electron chi connectivity index (χ1n) is 9.78. The molecule has 2 aromatic heterocycles. The van der Waals surface area contributed by atoms with Crippen LogP contribution in [0.3, 0.4) is 0 Å². The van der Waals surface area contributed by atoms with E-state index in [1.807, 2.05) is 30.5 Å². The molecule has 146 valence electrons. The van der Waals surface area contributed by atoms with Crippen LogP contribution in [0.2, 0.25) is 0 Å². The normalized spacial score (nSPS) is 24.2. The second-order valence-electron chi connectivity index (χ2n) is 7.63. The Morgan fingerprint density at radius 2 is 1.86 bits per heavy atom. The topological polar surface area (TPSA) is 81.8 Å². The molecular weight excluding hydrogens is 356 g/mol. The molecule has 5 rings (SSSR count). The van der Waals surface area contributed by atoms with Crippen LogP contribution in [0.4, 0.5) is 5.82 Å². The minimum absolute atomic E-state index is 0.184. The molecule has 3 aromatic rings. The van der Waals surface area contributed by atoms with Gasteiger partial charge in [-0.3, -0.25) is 9.80 Å². The summed E-state index contributed by atoms with van der Waals surface area (Å²) in [5, 5.41) is 18.4. The van der Waals surface area contributed by atoms with Crippen molar-refractivity contribution >= 4 is 16.9 Å². The van der Waals surface area contributed by atoms with Crippen LogP contribution in [0.25, 0.3) is 11.0 Å². The fourth-order valence-electron chi connectivity index (χ4n) is 4.34. The van der Waals surface area contributed by atoms with E-state index in [1.165, 1.54) is 0 Å². The Bertz CT molecular complexity index is 925. The molecule has 4 heterocycles. The van der Waals surface area contributed by atoms with E-state index in [0.717, 1.165) is 61.7 Å². The van der Waals surface area contributed by atoms with Crippen LogP contribution in [0, 0.1) is 0 Å². The molecule has 0 radical (unpaired) electrons. The van der Waals surface area contributed by atoms with E-state index in [1.54, 1.807) is 0 Å². The summed E-state index contributed by atoms with van der Waals surface area (Å²) in [5.41, 5.74) is 2.71. The van der Waals surface area contributed by atoms with Crippen LogP contribution in [0.1, 0.15) is 5.56 Å². The lowest BCUT2D eigenvalue weighted by Gasteiger charge is -2.39. The zero-order valence-corrected chi connectivity index (χ0v) is 15.7. The van der Waals surface area contributed by atoms with E-state index in [4.69, 9.17) is 4.63 Å². The first kappa shape index (κ1) is 17.5. The molecule has 8 nitrogen and oxygen atoms in total. The number of pyridine rings is 1. The summed E-state index contributed by atoms with van der Waals surface area (Å²) in [6, 6.07) is 12.2. The molecule has 1 aromatic carbocycles. The fourth-order valence-corrected chi connectivity index (χ4v) is 4.34. The number of aromatic nitrogens is 3. The third-order valence-corrected chi connectivity index (χ3v) is 5.82. The van der Waals surface area contributed by atoms with Crippen molar-refractivity contribution in [2.75, 3.05) is 44.2 Å². The standard InChI is InChI=1S/C20H24N6O2/c27-19-14-24(12-15-4-5-16-17(11-15)23-28-22-16)13-18(19)25-7-9-26(10-8-25)20-3-1-2-6-21-20/h1-6,11,18-19,27H,7-10,12-14H2/t18-,19-/m1/s1. The first-order valence-corrected chi connectivity index (χ1v) is 9.78. The Balaban J connectivity index is 1.19. The first-order chi connectivity index (χ1) is 13.8. The van der Waals surface area contributed by atoms with Crippen LogP contribution >= 0.6 is 0 Å². The lowest BCUT2D eigenvalue weighted by atomic mass is 10.1. The predicted octanol–water partition coefficient (Wildman–Crippen LogP) is 0.985. The van der Waals surface area contributed by atoms with E-state index < -0.39 is 0 Å². The van der Waals surface area contributed by atoms with Gasteiger partial charge in [0.05, 0.1) is 6.10 Å². The number of anilines is 1. The quantitative estimate of drug-likeness (QED) is 0.718. The summed E-state index contributed by atoms with van der Waals surface area (Å²) in [4.78, 5) is 11.5. The summed E-state index contributed by atoms with van der Waals surface area (Å²) >= 11 is 0. The predicted molar refractivity (Wildman–Crippen MR) is 105 cm³/mol. The molecule has 8 heteroatoms. The highest BCUT2D eigenvalue weighted by atomic mass is 16.6. The van der Waals surface area contributed by atoms with Gasteiger partial charge in [0.15, 0.2) is 0 Å². The summed E-state index contributed by atoms with van der Waals surface area (Å²) in [7, 11) is 0. The number of likely N-dealkylation sites (tertiary alicyclic amines) is 1. The van der Waals surface area contributed by atoms with Gasteiger partial charge in [0.1, 0.15) is 16.9 Å². The molecule has 0 bridgehead atoms. The molecule has 28 heavy (non-hydrogen) atoms. The van der Waals surface area contributed by atoms with Crippen molar-refractivity contribution < 1.29 is 9.74 Å². The van der Waals surface area contributed by atoms with Crippen molar-refractivity contribution in [2.24, 2.45) is 0 Å². The lowest BCUT2D eigenvalue weighted by Crippen LogP contribution is -2.53. The Morgan fingerprint density at radius 1 is 1.00 bits per heavy atom. The molecule has 2 saturated heterocycles. The summed E-state index contributed by atoms with van der Waals surface area (Å²) in [6.45, 7) is 6.14. The van der Waals surface area contributed by atoms with Crippen LogP contribution in [-0.4, -0.2) is 81.6 Å². The number of nitrogens with zero attached hydrogens (tertiary/aromatic N) is 6. The van der Waals surface area contributed by atoms with E-state index >= 15 is 0 Å². The largest absolute Gasteiger partial charge is 0.390 e. The van der Waals surface area contributed by atoms with E-state index in [2.05, 4.69) is 42.1 Å². The SMILES string of the molecule is O[C@@H]1CN(Cc2ccc3nonc3c2)C[C@H]1N1CCN(c2ccccn2)CC1. The maximum Gasteiger partial charge on any atom is 0.135 e. The number of β-amino-alcohol motifs (C(OH)–C–C–N with tert-alkyl or cyclic N) is 1. The zero-order valence-electron chi connectivity index (χ0n) is 15.7. The van der Waals surface area contributed by atoms with E-state index in [-0.39, 0.29) is 12.1 Å². The Hall–Kier alpha value is -2.55. The number of aliphatic hydroxyl groups excluding tert-OH is 1. The molecule has 0 saturated carbocycles. The van der Waals surface area contributed by atoms with E-state index in [9.17, 15) is 5.11 Å². The third-order valence-electron chi connectivity index (χ3n) is 5.82. The maximum absolute atomic E-state index is 10.7. The molecule has 2 fully saturated rings. The summed E-state index contributed by atoms with van der Waals surface area (Å²) < 4.78 is 4.78. The zero-order chi connectivity index (χ0) is 18.9. The third kappa shape index (κ3) is 3.46. The number of hydrogen-bond donors (Lipinski definition) is 1. The molecule has 2 aliphatic rings. The number of aliphatic hydroxyl groups is 1. The Labute approximate surface area is 163 Å². The van der Waals surface area contributed by atoms with E-state index in [0.29, 0.717) is 6.54 Å². The molecule has 0 aliphatic carbocycles. The molecule has 0 spiro atoms. The molecule has 2 atom stereocenters. The van der Waals surface area contributed by atoms with Gasteiger partial charge < -0.3 is 10.0 Å². The Morgan fingerprint density at radius 3 is 2.68 bits per heavy atom. The van der Waals surface area contributed by atoms with Crippen molar-refractivity contribution in [1.82, 2.24) is 25.1 Å². The number of rotatable bonds is 4. The molecule has 1 N–H and O–H groups in total. The molecule has 0 amide bonds. The van der Waals surface area contributed by atoms with Gasteiger partial charge >= 0.3 is 0 Å². The van der Waals surface area contributed by atoms with Crippen LogP contribution in [0.5, 0.6) is 0 Å². The second-order valence-corrected chi connectivity index (χ2v) is 7.63. The minimum atomic E-state index is -0.321. The van der Waals surface area contributed by atoms with Gasteiger partial charge in [-0.15, -0.1) is 0 Å². The van der Waals surface area contributed by atoms with Gasteiger partial charge in [0.2, 0.25) is 0 Å². The highest BCUT2D eigenvalue weighted by molar-refractivity contribution is 5.73. The fraction of sp³-hybridized carbons (Fsp3) is 0.450. The number of benzene rings is 1. The average Bonchev–Trinajstić information content (AvgIpc) is 3.35. The minimum Gasteiger partial charge on any atom is -0.390 e.